The van der Waals surface area contributed by atoms with E-state index in [0.717, 1.165) is 18.6 Å². The average Bonchev–Trinajstić information content (AvgIpc) is 2.91. The molecule has 2 fully saturated rings. The van der Waals surface area contributed by atoms with Gasteiger partial charge in [0.2, 0.25) is 0 Å². The SMILES string of the molecule is CC1(C)[C@H]2CC[C@]1(C)/C(=N/NC(=O)CNC(=O)c1ccc(Cl)cc1Cl)C2. The summed E-state index contributed by atoms with van der Waals surface area (Å²) in [5.74, 6) is -0.169. The van der Waals surface area contributed by atoms with E-state index in [9.17, 15) is 9.59 Å². The summed E-state index contributed by atoms with van der Waals surface area (Å²) >= 11 is 11.8. The molecule has 5 nitrogen and oxygen atoms in total. The van der Waals surface area contributed by atoms with Crippen molar-refractivity contribution >= 4 is 40.7 Å². The summed E-state index contributed by atoms with van der Waals surface area (Å²) in [5, 5.41) is 7.61. The lowest BCUT2D eigenvalue weighted by molar-refractivity contribution is -0.120. The Hall–Kier alpha value is -1.59. The van der Waals surface area contributed by atoms with Gasteiger partial charge in [-0.1, -0.05) is 44.0 Å². The maximum atomic E-state index is 12.1. The Balaban J connectivity index is 1.56. The molecular weight excluding hydrogens is 373 g/mol. The van der Waals surface area contributed by atoms with E-state index in [0.29, 0.717) is 10.9 Å². The second kappa shape index (κ2) is 6.86. The normalized spacial score (nSPS) is 27.6. The highest BCUT2D eigenvalue weighted by molar-refractivity contribution is 6.36. The highest BCUT2D eigenvalue weighted by atomic mass is 35.5. The second-order valence-corrected chi connectivity index (χ2v) is 8.74. The fourth-order valence-corrected chi connectivity index (χ4v) is 4.69. The molecule has 1 aromatic carbocycles. The maximum absolute atomic E-state index is 12.1. The van der Waals surface area contributed by atoms with E-state index in [4.69, 9.17) is 23.2 Å². The van der Waals surface area contributed by atoms with E-state index in [1.165, 1.54) is 18.6 Å². The van der Waals surface area contributed by atoms with Crippen LogP contribution >= 0.6 is 23.2 Å². The highest BCUT2D eigenvalue weighted by Crippen LogP contribution is 2.63. The third-order valence-corrected chi connectivity index (χ3v) is 6.96. The molecule has 26 heavy (non-hydrogen) atoms. The lowest BCUT2D eigenvalue weighted by atomic mass is 9.70. The minimum atomic E-state index is -0.428. The molecular formula is C19H23Cl2N3O2. The largest absolute Gasteiger partial charge is 0.343 e. The van der Waals surface area contributed by atoms with Crippen LogP contribution in [0, 0.1) is 16.7 Å². The summed E-state index contributed by atoms with van der Waals surface area (Å²) in [6.07, 6.45) is 3.25. The minimum Gasteiger partial charge on any atom is -0.343 e. The molecule has 0 spiro atoms. The minimum absolute atomic E-state index is 0.0328. The van der Waals surface area contributed by atoms with Crippen molar-refractivity contribution in [3.05, 3.63) is 33.8 Å². The molecule has 2 saturated carbocycles. The van der Waals surface area contributed by atoms with Crippen LogP contribution in [0.1, 0.15) is 50.4 Å². The second-order valence-electron chi connectivity index (χ2n) is 7.89. The number of nitrogens with zero attached hydrogens (tertiary/aromatic N) is 1. The van der Waals surface area contributed by atoms with Crippen molar-refractivity contribution in [3.8, 4) is 0 Å². The van der Waals surface area contributed by atoms with Crippen LogP contribution in [0.15, 0.2) is 23.3 Å². The summed E-state index contributed by atoms with van der Waals surface area (Å²) in [5.41, 5.74) is 4.15. The number of hydrazone groups is 1. The smallest absolute Gasteiger partial charge is 0.259 e. The molecule has 2 atom stereocenters. The van der Waals surface area contributed by atoms with Gasteiger partial charge in [-0.2, -0.15) is 5.10 Å². The monoisotopic (exact) mass is 395 g/mol. The Labute approximate surface area is 163 Å². The number of carbonyl (C=O) groups excluding carboxylic acids is 2. The summed E-state index contributed by atoms with van der Waals surface area (Å²) in [6, 6.07) is 4.59. The number of benzene rings is 1. The highest BCUT2D eigenvalue weighted by Gasteiger charge is 2.59. The topological polar surface area (TPSA) is 70.6 Å². The van der Waals surface area contributed by atoms with E-state index >= 15 is 0 Å². The Morgan fingerprint density at radius 1 is 1.27 bits per heavy atom. The first-order valence-corrected chi connectivity index (χ1v) is 9.50. The standard InChI is InChI=1S/C19H23Cl2N3O2/c1-18(2)11-6-7-19(18,3)15(8-11)23-24-16(25)10-22-17(26)13-5-4-12(20)9-14(13)21/h4-5,9,11H,6-8,10H2,1-3H3,(H,22,26)(H,24,25)/b23-15+/t11-,19+/m0/s1. The van der Waals surface area contributed by atoms with Crippen LogP contribution in [0.25, 0.3) is 0 Å². The van der Waals surface area contributed by atoms with Crippen molar-refractivity contribution in [3.63, 3.8) is 0 Å². The van der Waals surface area contributed by atoms with Gasteiger partial charge in [-0.3, -0.25) is 9.59 Å². The number of hydrogen-bond acceptors (Lipinski definition) is 3. The zero-order valence-corrected chi connectivity index (χ0v) is 16.7. The number of carbonyl (C=O) groups is 2. The average molecular weight is 396 g/mol. The lowest BCUT2D eigenvalue weighted by Crippen LogP contribution is -2.37. The number of rotatable bonds is 4. The van der Waals surface area contributed by atoms with Crippen LogP contribution in [-0.2, 0) is 4.79 Å². The summed E-state index contributed by atoms with van der Waals surface area (Å²) < 4.78 is 0. The molecule has 2 amide bonds. The van der Waals surface area contributed by atoms with Gasteiger partial charge in [-0.15, -0.1) is 0 Å². The molecule has 0 heterocycles. The van der Waals surface area contributed by atoms with Crippen molar-refractivity contribution < 1.29 is 9.59 Å². The fraction of sp³-hybridized carbons (Fsp3) is 0.526. The molecule has 0 aromatic heterocycles. The predicted octanol–water partition coefficient (Wildman–Crippen LogP) is 4.04. The van der Waals surface area contributed by atoms with Crippen LogP contribution in [-0.4, -0.2) is 24.1 Å². The molecule has 2 aliphatic carbocycles. The summed E-state index contributed by atoms with van der Waals surface area (Å²) in [6.45, 7) is 6.63. The van der Waals surface area contributed by atoms with Gasteiger partial charge in [0.05, 0.1) is 17.1 Å². The molecule has 2 N–H and O–H groups in total. The predicted molar refractivity (Wildman–Crippen MR) is 104 cm³/mol. The number of amides is 2. The van der Waals surface area contributed by atoms with E-state index in [-0.39, 0.29) is 33.9 Å². The van der Waals surface area contributed by atoms with Crippen LogP contribution in [0.4, 0.5) is 0 Å². The van der Waals surface area contributed by atoms with Crippen molar-refractivity contribution in [2.75, 3.05) is 6.54 Å². The van der Waals surface area contributed by atoms with Gasteiger partial charge in [-0.05, 0) is 48.8 Å². The van der Waals surface area contributed by atoms with Gasteiger partial charge in [-0.25, -0.2) is 5.43 Å². The molecule has 0 aliphatic heterocycles. The number of fused-ring (bicyclic) bond motifs is 2. The third kappa shape index (κ3) is 3.23. The molecule has 1 aromatic rings. The van der Waals surface area contributed by atoms with Crippen molar-refractivity contribution in [1.82, 2.24) is 10.7 Å². The zero-order valence-electron chi connectivity index (χ0n) is 15.2. The Morgan fingerprint density at radius 3 is 2.58 bits per heavy atom. The zero-order chi connectivity index (χ0) is 19.1. The quantitative estimate of drug-likeness (QED) is 0.754. The van der Waals surface area contributed by atoms with E-state index in [1.807, 2.05) is 0 Å². The van der Waals surface area contributed by atoms with Crippen LogP contribution in [0.5, 0.6) is 0 Å². The van der Waals surface area contributed by atoms with Crippen molar-refractivity contribution in [2.24, 2.45) is 21.8 Å². The lowest BCUT2D eigenvalue weighted by Gasteiger charge is -2.34. The first kappa shape index (κ1) is 19.2. The van der Waals surface area contributed by atoms with Gasteiger partial charge in [0.1, 0.15) is 0 Å². The van der Waals surface area contributed by atoms with Gasteiger partial charge >= 0.3 is 0 Å². The fourth-order valence-electron chi connectivity index (χ4n) is 4.20. The van der Waals surface area contributed by atoms with Crippen molar-refractivity contribution in [2.45, 2.75) is 40.0 Å². The Kier molecular flexibility index (Phi) is 5.06. The summed E-state index contributed by atoms with van der Waals surface area (Å²) in [4.78, 5) is 24.2. The maximum Gasteiger partial charge on any atom is 0.259 e. The summed E-state index contributed by atoms with van der Waals surface area (Å²) in [7, 11) is 0. The van der Waals surface area contributed by atoms with E-state index in [2.05, 4.69) is 36.6 Å². The molecule has 0 radical (unpaired) electrons. The molecule has 3 rings (SSSR count). The van der Waals surface area contributed by atoms with Gasteiger partial charge in [0.25, 0.3) is 11.8 Å². The number of nitrogens with one attached hydrogen (secondary N) is 2. The van der Waals surface area contributed by atoms with Gasteiger partial charge < -0.3 is 5.32 Å². The molecule has 2 aliphatic rings. The molecule has 140 valence electrons. The first-order valence-electron chi connectivity index (χ1n) is 8.74. The molecule has 0 saturated heterocycles. The molecule has 2 bridgehead atoms. The van der Waals surface area contributed by atoms with E-state index < -0.39 is 5.91 Å². The van der Waals surface area contributed by atoms with Gasteiger partial charge in [0, 0.05) is 16.1 Å². The van der Waals surface area contributed by atoms with Crippen molar-refractivity contribution in [1.29, 1.82) is 0 Å². The van der Waals surface area contributed by atoms with Crippen LogP contribution in [0.2, 0.25) is 10.0 Å². The Morgan fingerprint density at radius 2 is 2.00 bits per heavy atom. The third-order valence-electron chi connectivity index (χ3n) is 6.41. The number of hydrogen-bond donors (Lipinski definition) is 2. The van der Waals surface area contributed by atoms with Crippen LogP contribution in [0.3, 0.4) is 0 Å². The van der Waals surface area contributed by atoms with Gasteiger partial charge in [0.15, 0.2) is 0 Å². The van der Waals surface area contributed by atoms with Crippen LogP contribution < -0.4 is 10.7 Å². The first-order chi connectivity index (χ1) is 12.1. The number of halogens is 2. The molecule has 7 heteroatoms. The molecule has 0 unspecified atom stereocenters. The Bertz CT molecular complexity index is 791. The van der Waals surface area contributed by atoms with E-state index in [1.54, 1.807) is 6.07 Å².